The van der Waals surface area contributed by atoms with Crippen LogP contribution in [-0.2, 0) is 6.42 Å². The van der Waals surface area contributed by atoms with Gasteiger partial charge in [0.1, 0.15) is 17.5 Å². The fourth-order valence-corrected chi connectivity index (χ4v) is 2.41. The molecule has 0 atom stereocenters. The predicted octanol–water partition coefficient (Wildman–Crippen LogP) is 3.02. The van der Waals surface area contributed by atoms with Crippen LogP contribution in [0.1, 0.15) is 44.5 Å². The molecule has 1 aliphatic rings. The molecular formula is C15H26N4. The fraction of sp³-hybridized carbons (Fsp3) is 0.733. The number of aryl methyl sites for hydroxylation is 1. The Balaban J connectivity index is 2.31. The lowest BCUT2D eigenvalue weighted by Gasteiger charge is -2.25. The monoisotopic (exact) mass is 262 g/mol. The Kier molecular flexibility index (Phi) is 4.61. The molecule has 1 N–H and O–H groups in total. The van der Waals surface area contributed by atoms with Crippen LogP contribution in [0.3, 0.4) is 0 Å². The first kappa shape index (κ1) is 14.1. The van der Waals surface area contributed by atoms with Crippen LogP contribution in [0.15, 0.2) is 0 Å². The lowest BCUT2D eigenvalue weighted by molar-refractivity contribution is 0.719. The van der Waals surface area contributed by atoms with E-state index in [-0.39, 0.29) is 0 Å². The van der Waals surface area contributed by atoms with E-state index in [1.165, 1.54) is 18.4 Å². The Bertz CT molecular complexity index is 426. The highest BCUT2D eigenvalue weighted by atomic mass is 15.2. The Morgan fingerprint density at radius 2 is 2.00 bits per heavy atom. The summed E-state index contributed by atoms with van der Waals surface area (Å²) in [5, 5.41) is 3.20. The fourth-order valence-electron chi connectivity index (χ4n) is 2.41. The van der Waals surface area contributed by atoms with Gasteiger partial charge in [0.05, 0.1) is 0 Å². The number of nitrogens with zero attached hydrogens (tertiary/aromatic N) is 3. The predicted molar refractivity (Wildman–Crippen MR) is 80.9 cm³/mol. The smallest absolute Gasteiger partial charge is 0.137 e. The quantitative estimate of drug-likeness (QED) is 0.820. The first-order valence-electron chi connectivity index (χ1n) is 7.49. The molecule has 1 fully saturated rings. The Hall–Kier alpha value is -1.32. The van der Waals surface area contributed by atoms with Crippen LogP contribution in [-0.4, -0.2) is 30.1 Å². The maximum Gasteiger partial charge on any atom is 0.137 e. The van der Waals surface area contributed by atoms with E-state index in [9.17, 15) is 0 Å². The van der Waals surface area contributed by atoms with E-state index in [4.69, 9.17) is 4.98 Å². The number of anilines is 2. The van der Waals surface area contributed by atoms with Crippen LogP contribution in [0.25, 0.3) is 0 Å². The molecule has 4 heteroatoms. The molecule has 0 unspecified atom stereocenters. The van der Waals surface area contributed by atoms with Crippen LogP contribution in [0, 0.1) is 12.8 Å². The number of rotatable bonds is 7. The zero-order valence-electron chi connectivity index (χ0n) is 12.7. The second-order valence-electron chi connectivity index (χ2n) is 5.42. The topological polar surface area (TPSA) is 41.1 Å². The summed E-state index contributed by atoms with van der Waals surface area (Å²) >= 11 is 0. The molecule has 19 heavy (non-hydrogen) atoms. The molecule has 1 aromatic rings. The summed E-state index contributed by atoms with van der Waals surface area (Å²) in [5.74, 6) is 3.93. The zero-order chi connectivity index (χ0) is 13.8. The third-order valence-electron chi connectivity index (χ3n) is 3.73. The van der Waals surface area contributed by atoms with Crippen molar-refractivity contribution in [3.8, 4) is 0 Å². The van der Waals surface area contributed by atoms with Crippen molar-refractivity contribution >= 4 is 11.6 Å². The lowest BCUT2D eigenvalue weighted by Crippen LogP contribution is -2.28. The second-order valence-corrected chi connectivity index (χ2v) is 5.42. The van der Waals surface area contributed by atoms with Crippen LogP contribution >= 0.6 is 0 Å². The van der Waals surface area contributed by atoms with Crippen LogP contribution in [0.2, 0.25) is 0 Å². The highest BCUT2D eigenvalue weighted by molar-refractivity contribution is 5.58. The number of nitrogens with one attached hydrogen (secondary N) is 1. The van der Waals surface area contributed by atoms with Gasteiger partial charge >= 0.3 is 0 Å². The molecule has 0 radical (unpaired) electrons. The van der Waals surface area contributed by atoms with Gasteiger partial charge in [0, 0.05) is 32.1 Å². The van der Waals surface area contributed by atoms with Crippen LogP contribution < -0.4 is 10.2 Å². The van der Waals surface area contributed by atoms with E-state index in [0.717, 1.165) is 49.3 Å². The van der Waals surface area contributed by atoms with E-state index in [2.05, 4.69) is 36.0 Å². The molecule has 1 saturated carbocycles. The van der Waals surface area contributed by atoms with E-state index in [0.29, 0.717) is 0 Å². The second kappa shape index (κ2) is 6.22. The number of hydrogen-bond donors (Lipinski definition) is 1. The molecule has 4 nitrogen and oxygen atoms in total. The highest BCUT2D eigenvalue weighted by Crippen LogP contribution is 2.32. The molecular weight excluding hydrogens is 236 g/mol. The molecule has 1 heterocycles. The average molecular weight is 262 g/mol. The van der Waals surface area contributed by atoms with Crippen molar-refractivity contribution < 1.29 is 0 Å². The third-order valence-corrected chi connectivity index (χ3v) is 3.73. The number of aromatic nitrogens is 2. The van der Waals surface area contributed by atoms with Gasteiger partial charge in [0.25, 0.3) is 0 Å². The summed E-state index contributed by atoms with van der Waals surface area (Å²) in [7, 11) is 1.94. The van der Waals surface area contributed by atoms with Crippen LogP contribution in [0.4, 0.5) is 11.6 Å². The van der Waals surface area contributed by atoms with Gasteiger partial charge in [0.2, 0.25) is 0 Å². The molecule has 106 valence electrons. The third kappa shape index (κ3) is 3.37. The first-order chi connectivity index (χ1) is 9.19. The minimum atomic E-state index is 0.877. The van der Waals surface area contributed by atoms with Crippen molar-refractivity contribution in [1.29, 1.82) is 0 Å². The molecule has 0 amide bonds. The summed E-state index contributed by atoms with van der Waals surface area (Å²) in [6, 6.07) is 0. The highest BCUT2D eigenvalue weighted by Gasteiger charge is 2.25. The lowest BCUT2D eigenvalue weighted by atomic mass is 10.2. The Labute approximate surface area is 116 Å². The maximum absolute atomic E-state index is 4.80. The van der Waals surface area contributed by atoms with Gasteiger partial charge in [-0.15, -0.1) is 0 Å². The van der Waals surface area contributed by atoms with Crippen LogP contribution in [0.5, 0.6) is 0 Å². The SMILES string of the molecule is CCCc1nc(NC)c(C)c(N(CC)CC2CC2)n1. The molecule has 0 aliphatic heterocycles. The molecule has 0 aromatic carbocycles. The zero-order valence-corrected chi connectivity index (χ0v) is 12.7. The molecule has 1 aliphatic carbocycles. The van der Waals surface area contributed by atoms with Gasteiger partial charge in [-0.05, 0) is 39.0 Å². The standard InChI is InChI=1S/C15H26N4/c1-5-7-13-17-14(16-4)11(3)15(18-13)19(6-2)10-12-8-9-12/h12H,5-10H2,1-4H3,(H,16,17,18). The summed E-state index contributed by atoms with van der Waals surface area (Å²) in [4.78, 5) is 11.8. The summed E-state index contributed by atoms with van der Waals surface area (Å²) in [6.45, 7) is 8.66. The van der Waals surface area contributed by atoms with Gasteiger partial charge in [-0.25, -0.2) is 9.97 Å². The average Bonchev–Trinajstić information content (AvgIpc) is 3.22. The van der Waals surface area contributed by atoms with Gasteiger partial charge < -0.3 is 10.2 Å². The van der Waals surface area contributed by atoms with Gasteiger partial charge in [0.15, 0.2) is 0 Å². The van der Waals surface area contributed by atoms with Crippen molar-refractivity contribution in [3.05, 3.63) is 11.4 Å². The van der Waals surface area contributed by atoms with Crippen molar-refractivity contribution in [3.63, 3.8) is 0 Å². The minimum absolute atomic E-state index is 0.877. The van der Waals surface area contributed by atoms with Crippen molar-refractivity contribution in [2.75, 3.05) is 30.4 Å². The summed E-state index contributed by atoms with van der Waals surface area (Å²) in [6.07, 6.45) is 4.78. The van der Waals surface area contributed by atoms with E-state index >= 15 is 0 Å². The molecule has 0 bridgehead atoms. The molecule has 0 saturated heterocycles. The summed E-state index contributed by atoms with van der Waals surface area (Å²) < 4.78 is 0. The van der Waals surface area contributed by atoms with E-state index in [1.54, 1.807) is 0 Å². The Morgan fingerprint density at radius 3 is 2.53 bits per heavy atom. The largest absolute Gasteiger partial charge is 0.373 e. The van der Waals surface area contributed by atoms with Gasteiger partial charge in [-0.3, -0.25) is 0 Å². The summed E-state index contributed by atoms with van der Waals surface area (Å²) in [5.41, 5.74) is 1.17. The minimum Gasteiger partial charge on any atom is -0.373 e. The normalized spacial score (nSPS) is 14.5. The van der Waals surface area contributed by atoms with Gasteiger partial charge in [-0.1, -0.05) is 6.92 Å². The molecule has 0 spiro atoms. The van der Waals surface area contributed by atoms with Crippen molar-refractivity contribution in [2.45, 2.75) is 46.5 Å². The van der Waals surface area contributed by atoms with Gasteiger partial charge in [-0.2, -0.15) is 0 Å². The first-order valence-corrected chi connectivity index (χ1v) is 7.49. The number of hydrogen-bond acceptors (Lipinski definition) is 4. The molecule has 2 rings (SSSR count). The van der Waals surface area contributed by atoms with Crippen molar-refractivity contribution in [2.24, 2.45) is 5.92 Å². The Morgan fingerprint density at radius 1 is 1.26 bits per heavy atom. The van der Waals surface area contributed by atoms with E-state index in [1.807, 2.05) is 7.05 Å². The maximum atomic E-state index is 4.80. The van der Waals surface area contributed by atoms with Crippen molar-refractivity contribution in [1.82, 2.24) is 9.97 Å². The molecule has 1 aromatic heterocycles. The van der Waals surface area contributed by atoms with E-state index < -0.39 is 0 Å².